The summed E-state index contributed by atoms with van der Waals surface area (Å²) in [6.45, 7) is 7.56. The Bertz CT molecular complexity index is 697. The van der Waals surface area contributed by atoms with Crippen LogP contribution in [0.3, 0.4) is 0 Å². The van der Waals surface area contributed by atoms with Gasteiger partial charge in [-0.2, -0.15) is 0 Å². The van der Waals surface area contributed by atoms with Gasteiger partial charge in [0.15, 0.2) is 0 Å². The lowest BCUT2D eigenvalue weighted by atomic mass is 9.88. The van der Waals surface area contributed by atoms with Crippen LogP contribution >= 0.6 is 0 Å². The highest BCUT2D eigenvalue weighted by Crippen LogP contribution is 2.21. The van der Waals surface area contributed by atoms with Crippen LogP contribution in [0.15, 0.2) is 12.2 Å². The van der Waals surface area contributed by atoms with Crippen LogP contribution < -0.4 is 16.0 Å². The van der Waals surface area contributed by atoms with Crippen molar-refractivity contribution < 1.29 is 24.2 Å². The van der Waals surface area contributed by atoms with Crippen LogP contribution in [0.4, 0.5) is 4.79 Å². The molecule has 0 saturated heterocycles. The fourth-order valence-corrected chi connectivity index (χ4v) is 4.88. The molecule has 1 aliphatic rings. The van der Waals surface area contributed by atoms with E-state index in [0.717, 1.165) is 38.5 Å². The van der Waals surface area contributed by atoms with Crippen molar-refractivity contribution in [2.24, 2.45) is 11.8 Å². The molecular weight excluding hydrogens is 458 g/mol. The summed E-state index contributed by atoms with van der Waals surface area (Å²) in [5.74, 6) is -0.746. The number of allylic oxidation sites excluding steroid dienone is 2. The van der Waals surface area contributed by atoms with E-state index in [2.05, 4.69) is 29.0 Å². The maximum atomic E-state index is 13.4. The molecule has 0 saturated carbocycles. The largest absolute Gasteiger partial charge is 0.446 e. The van der Waals surface area contributed by atoms with E-state index in [9.17, 15) is 19.5 Å². The van der Waals surface area contributed by atoms with Gasteiger partial charge in [-0.15, -0.1) is 0 Å². The lowest BCUT2D eigenvalue weighted by molar-refractivity contribution is -0.130. The summed E-state index contributed by atoms with van der Waals surface area (Å²) < 4.78 is 5.84. The van der Waals surface area contributed by atoms with Gasteiger partial charge in [-0.25, -0.2) is 4.79 Å². The molecule has 8 heteroatoms. The van der Waals surface area contributed by atoms with Crippen molar-refractivity contribution in [3.8, 4) is 0 Å². The summed E-state index contributed by atoms with van der Waals surface area (Å²) in [6.07, 6.45) is 13.5. The van der Waals surface area contributed by atoms with E-state index in [-0.39, 0.29) is 36.4 Å². The summed E-state index contributed by atoms with van der Waals surface area (Å²) in [7, 11) is 1.59. The van der Waals surface area contributed by atoms with Gasteiger partial charge < -0.3 is 25.8 Å². The van der Waals surface area contributed by atoms with Gasteiger partial charge in [0.05, 0.1) is 12.6 Å². The molecule has 0 aliphatic carbocycles. The Kier molecular flexibility index (Phi) is 15.4. The van der Waals surface area contributed by atoms with Gasteiger partial charge in [-0.05, 0) is 64.2 Å². The summed E-state index contributed by atoms with van der Waals surface area (Å²) in [6, 6.07) is -0.610. The Balaban J connectivity index is 3.11. The molecular formula is C28H51N3O5. The van der Waals surface area contributed by atoms with Crippen LogP contribution in [0.2, 0.25) is 0 Å². The molecule has 0 aromatic carbocycles. The lowest BCUT2D eigenvalue weighted by Gasteiger charge is -2.33. The first-order valence-corrected chi connectivity index (χ1v) is 13.9. The Morgan fingerprint density at radius 1 is 1.22 bits per heavy atom. The van der Waals surface area contributed by atoms with Crippen LogP contribution in [0.1, 0.15) is 105 Å². The SMILES string of the molecule is CCCCCCCC1CCC/C=C/CC(C(=O)NC)C[C@@H](CO)NC(=O)[C@](C)(CC(C)C)NC(=O)O1. The zero-order valence-electron chi connectivity index (χ0n) is 23.2. The summed E-state index contributed by atoms with van der Waals surface area (Å²) in [5, 5.41) is 18.4. The highest BCUT2D eigenvalue weighted by atomic mass is 16.6. The van der Waals surface area contributed by atoms with E-state index in [4.69, 9.17) is 4.74 Å². The number of aliphatic hydroxyl groups is 1. The molecule has 0 fully saturated rings. The molecule has 3 amide bonds. The monoisotopic (exact) mass is 509 g/mol. The smallest absolute Gasteiger partial charge is 0.408 e. The van der Waals surface area contributed by atoms with Crippen LogP contribution in [0.5, 0.6) is 0 Å². The quantitative estimate of drug-likeness (QED) is 0.254. The molecule has 0 aromatic heterocycles. The lowest BCUT2D eigenvalue weighted by Crippen LogP contribution is -2.60. The summed E-state index contributed by atoms with van der Waals surface area (Å²) in [4.78, 5) is 38.8. The van der Waals surface area contributed by atoms with Crippen molar-refractivity contribution in [2.75, 3.05) is 13.7 Å². The minimum atomic E-state index is -1.20. The van der Waals surface area contributed by atoms with E-state index in [1.165, 1.54) is 19.3 Å². The second-order valence-electron chi connectivity index (χ2n) is 10.8. The standard InChI is InChI=1S/C28H51N3O5/c1-6-7-8-9-13-16-24-17-14-11-10-12-15-22(25(33)29-5)18-23(20-32)30-26(34)28(4,19-21(2)3)31-27(35)36-24/h10,12,21-24,32H,6-9,11,13-20H2,1-5H3,(H,29,33)(H,30,34)(H,31,35)/b12-10+/t22?,23-,24?,28-/m0/s1. The topological polar surface area (TPSA) is 117 Å². The number of nitrogens with one attached hydrogen (secondary N) is 3. The minimum absolute atomic E-state index is 0.122. The first kappa shape index (κ1) is 31.9. The highest BCUT2D eigenvalue weighted by molar-refractivity contribution is 5.90. The van der Waals surface area contributed by atoms with Crippen molar-refractivity contribution >= 4 is 17.9 Å². The molecule has 0 bridgehead atoms. The highest BCUT2D eigenvalue weighted by Gasteiger charge is 2.38. The number of carbonyl (C=O) groups excluding carboxylic acids is 3. The second kappa shape index (κ2) is 17.4. The molecule has 2 unspecified atom stereocenters. The van der Waals surface area contributed by atoms with Crippen molar-refractivity contribution in [1.82, 2.24) is 16.0 Å². The van der Waals surface area contributed by atoms with Crippen LogP contribution in [-0.4, -0.2) is 54.4 Å². The number of aliphatic hydroxyl groups excluding tert-OH is 1. The van der Waals surface area contributed by atoms with Gasteiger partial charge in [-0.1, -0.05) is 58.6 Å². The first-order valence-electron chi connectivity index (χ1n) is 13.9. The zero-order chi connectivity index (χ0) is 27.0. The molecule has 4 atom stereocenters. The van der Waals surface area contributed by atoms with Crippen molar-refractivity contribution in [3.05, 3.63) is 12.2 Å². The Morgan fingerprint density at radius 3 is 2.58 bits per heavy atom. The fraction of sp³-hybridized carbons (Fsp3) is 0.821. The van der Waals surface area contributed by atoms with Crippen LogP contribution in [0, 0.1) is 11.8 Å². The third-order valence-electron chi connectivity index (χ3n) is 6.82. The number of amides is 3. The molecule has 1 heterocycles. The number of hydrogen-bond acceptors (Lipinski definition) is 5. The van der Waals surface area contributed by atoms with Crippen LogP contribution in [0.25, 0.3) is 0 Å². The predicted octanol–water partition coefficient (Wildman–Crippen LogP) is 4.61. The molecule has 1 aliphatic heterocycles. The Morgan fingerprint density at radius 2 is 1.94 bits per heavy atom. The number of alkyl carbamates (subject to hydrolysis) is 1. The van der Waals surface area contributed by atoms with Crippen LogP contribution in [-0.2, 0) is 14.3 Å². The van der Waals surface area contributed by atoms with E-state index >= 15 is 0 Å². The fourth-order valence-electron chi connectivity index (χ4n) is 4.88. The van der Waals surface area contributed by atoms with Gasteiger partial charge in [0, 0.05) is 13.0 Å². The number of unbranched alkanes of at least 4 members (excludes halogenated alkanes) is 4. The maximum absolute atomic E-state index is 13.4. The van der Waals surface area contributed by atoms with E-state index < -0.39 is 17.7 Å². The van der Waals surface area contributed by atoms with Gasteiger partial charge in [0.2, 0.25) is 11.8 Å². The molecule has 36 heavy (non-hydrogen) atoms. The van der Waals surface area contributed by atoms with Crippen molar-refractivity contribution in [2.45, 2.75) is 122 Å². The third-order valence-corrected chi connectivity index (χ3v) is 6.82. The summed E-state index contributed by atoms with van der Waals surface area (Å²) >= 11 is 0. The Labute approximate surface area is 218 Å². The first-order chi connectivity index (χ1) is 17.1. The summed E-state index contributed by atoms with van der Waals surface area (Å²) in [5.41, 5.74) is -1.20. The minimum Gasteiger partial charge on any atom is -0.446 e. The molecule has 0 spiro atoms. The molecule has 208 valence electrons. The Hall–Kier alpha value is -2.09. The van der Waals surface area contributed by atoms with Gasteiger partial charge >= 0.3 is 6.09 Å². The molecule has 1 rings (SSSR count). The average molecular weight is 510 g/mol. The zero-order valence-corrected chi connectivity index (χ0v) is 23.2. The number of ether oxygens (including phenoxy) is 1. The van der Waals surface area contributed by atoms with Gasteiger partial charge in [0.25, 0.3) is 0 Å². The molecule has 0 radical (unpaired) electrons. The molecule has 0 aromatic rings. The number of cyclic esters (lactones) is 1. The number of hydrogen-bond donors (Lipinski definition) is 4. The second-order valence-corrected chi connectivity index (χ2v) is 10.8. The molecule has 8 nitrogen and oxygen atoms in total. The normalized spacial score (nSPS) is 27.6. The average Bonchev–Trinajstić information content (AvgIpc) is 2.82. The predicted molar refractivity (Wildman–Crippen MR) is 143 cm³/mol. The van der Waals surface area contributed by atoms with Crippen molar-refractivity contribution in [3.63, 3.8) is 0 Å². The van der Waals surface area contributed by atoms with E-state index in [1.807, 2.05) is 19.9 Å². The maximum Gasteiger partial charge on any atom is 0.408 e. The number of carbonyl (C=O) groups is 3. The molecule has 4 N–H and O–H groups in total. The third kappa shape index (κ3) is 12.2. The number of rotatable bonds is 10. The van der Waals surface area contributed by atoms with E-state index in [1.54, 1.807) is 14.0 Å². The van der Waals surface area contributed by atoms with E-state index in [0.29, 0.717) is 19.3 Å². The van der Waals surface area contributed by atoms with Crippen molar-refractivity contribution in [1.29, 1.82) is 0 Å². The van der Waals surface area contributed by atoms with Gasteiger partial charge in [0.1, 0.15) is 11.6 Å². The van der Waals surface area contributed by atoms with Gasteiger partial charge in [-0.3, -0.25) is 9.59 Å².